The second-order valence-electron chi connectivity index (χ2n) is 5.67. The molecule has 0 radical (unpaired) electrons. The summed E-state index contributed by atoms with van der Waals surface area (Å²) in [5, 5.41) is 2.70. The molecule has 1 aromatic carbocycles. The summed E-state index contributed by atoms with van der Waals surface area (Å²) in [6.07, 6.45) is -0.190. The number of anilines is 1. The molecule has 0 saturated carbocycles. The highest BCUT2D eigenvalue weighted by molar-refractivity contribution is 5.93. The molecule has 0 aliphatic rings. The maximum absolute atomic E-state index is 12.1. The lowest BCUT2D eigenvalue weighted by molar-refractivity contribution is -0.116. The molecule has 0 spiro atoms. The Kier molecular flexibility index (Phi) is 5.52. The Morgan fingerprint density at radius 2 is 1.79 bits per heavy atom. The van der Waals surface area contributed by atoms with E-state index in [2.05, 4.69) is 5.32 Å². The lowest BCUT2D eigenvalue weighted by atomic mass is 10.2. The molecule has 6 nitrogen and oxygen atoms in total. The fourth-order valence-corrected chi connectivity index (χ4v) is 2.14. The smallest absolute Gasteiger partial charge is 0.338 e. The van der Waals surface area contributed by atoms with Crippen molar-refractivity contribution in [2.45, 2.75) is 33.4 Å². The SMILES string of the molecule is Cc1cccc(=O)n1CC(=O)Nc1ccc(C(=O)OC(C)C)cc1. The van der Waals surface area contributed by atoms with Gasteiger partial charge < -0.3 is 14.6 Å². The third kappa shape index (κ3) is 4.55. The fraction of sp³-hybridized carbons (Fsp3) is 0.278. The van der Waals surface area contributed by atoms with Crippen molar-refractivity contribution in [1.29, 1.82) is 0 Å². The van der Waals surface area contributed by atoms with Gasteiger partial charge >= 0.3 is 5.97 Å². The highest BCUT2D eigenvalue weighted by Crippen LogP contribution is 2.11. The number of aryl methyl sites for hydroxylation is 1. The second-order valence-corrected chi connectivity index (χ2v) is 5.67. The molecule has 0 aliphatic heterocycles. The van der Waals surface area contributed by atoms with Crippen LogP contribution >= 0.6 is 0 Å². The van der Waals surface area contributed by atoms with Gasteiger partial charge in [-0.15, -0.1) is 0 Å². The van der Waals surface area contributed by atoms with Crippen molar-refractivity contribution in [3.63, 3.8) is 0 Å². The van der Waals surface area contributed by atoms with Crippen LogP contribution in [0, 0.1) is 6.92 Å². The molecular formula is C18H20N2O4. The number of carbonyl (C=O) groups excluding carboxylic acids is 2. The highest BCUT2D eigenvalue weighted by Gasteiger charge is 2.10. The molecule has 1 heterocycles. The van der Waals surface area contributed by atoms with Crippen LogP contribution in [0.15, 0.2) is 47.3 Å². The molecule has 0 saturated heterocycles. The van der Waals surface area contributed by atoms with Crippen molar-refractivity contribution in [3.05, 3.63) is 64.1 Å². The molecule has 1 aromatic heterocycles. The van der Waals surface area contributed by atoms with Crippen LogP contribution in [0.1, 0.15) is 29.9 Å². The average Bonchev–Trinajstić information content (AvgIpc) is 2.51. The number of nitrogens with one attached hydrogen (secondary N) is 1. The number of rotatable bonds is 5. The minimum atomic E-state index is -0.408. The number of hydrogen-bond donors (Lipinski definition) is 1. The number of benzene rings is 1. The van der Waals surface area contributed by atoms with Crippen molar-refractivity contribution >= 4 is 17.6 Å². The Morgan fingerprint density at radius 3 is 2.38 bits per heavy atom. The van der Waals surface area contributed by atoms with Crippen molar-refractivity contribution in [1.82, 2.24) is 4.57 Å². The van der Waals surface area contributed by atoms with E-state index in [1.165, 1.54) is 10.6 Å². The minimum absolute atomic E-state index is 0.0668. The molecule has 6 heteroatoms. The maximum Gasteiger partial charge on any atom is 0.338 e. The summed E-state index contributed by atoms with van der Waals surface area (Å²) in [5.74, 6) is -0.724. The van der Waals surface area contributed by atoms with Gasteiger partial charge in [0.05, 0.1) is 11.7 Å². The van der Waals surface area contributed by atoms with Crippen molar-refractivity contribution in [2.24, 2.45) is 0 Å². The molecule has 24 heavy (non-hydrogen) atoms. The molecule has 126 valence electrons. The number of amides is 1. The van der Waals surface area contributed by atoms with Crippen LogP contribution in [-0.2, 0) is 16.1 Å². The van der Waals surface area contributed by atoms with Gasteiger partial charge in [-0.3, -0.25) is 9.59 Å². The first-order valence-corrected chi connectivity index (χ1v) is 7.64. The summed E-state index contributed by atoms with van der Waals surface area (Å²) >= 11 is 0. The maximum atomic E-state index is 12.1. The molecule has 0 unspecified atom stereocenters. The number of esters is 1. The Bertz CT molecular complexity index is 791. The van der Waals surface area contributed by atoms with Gasteiger partial charge in [0.25, 0.3) is 5.56 Å². The molecule has 0 aliphatic carbocycles. The van der Waals surface area contributed by atoms with E-state index in [0.29, 0.717) is 16.9 Å². The highest BCUT2D eigenvalue weighted by atomic mass is 16.5. The van der Waals surface area contributed by atoms with Crippen LogP contribution in [0.3, 0.4) is 0 Å². The Labute approximate surface area is 140 Å². The molecule has 1 amide bonds. The monoisotopic (exact) mass is 328 g/mol. The zero-order valence-corrected chi connectivity index (χ0v) is 13.9. The van der Waals surface area contributed by atoms with Crippen LogP contribution in [0.5, 0.6) is 0 Å². The first kappa shape index (κ1) is 17.5. The number of carbonyl (C=O) groups is 2. The largest absolute Gasteiger partial charge is 0.459 e. The van der Waals surface area contributed by atoms with Gasteiger partial charge in [0.1, 0.15) is 6.54 Å². The minimum Gasteiger partial charge on any atom is -0.459 e. The third-order valence-corrected chi connectivity index (χ3v) is 3.32. The van der Waals surface area contributed by atoms with Gasteiger partial charge in [-0.25, -0.2) is 4.79 Å². The van der Waals surface area contributed by atoms with Crippen LogP contribution in [0.2, 0.25) is 0 Å². The molecule has 1 N–H and O–H groups in total. The van der Waals surface area contributed by atoms with E-state index in [9.17, 15) is 14.4 Å². The number of ether oxygens (including phenoxy) is 1. The molecule has 2 aromatic rings. The number of nitrogens with zero attached hydrogens (tertiary/aromatic N) is 1. The predicted octanol–water partition coefficient (Wildman–Crippen LogP) is 2.36. The Hall–Kier alpha value is -2.89. The normalized spacial score (nSPS) is 10.5. The number of pyridine rings is 1. The zero-order valence-electron chi connectivity index (χ0n) is 13.9. The summed E-state index contributed by atoms with van der Waals surface area (Å²) in [6.45, 7) is 5.26. The van der Waals surface area contributed by atoms with Gasteiger partial charge in [0.15, 0.2) is 0 Å². The van der Waals surface area contributed by atoms with Crippen molar-refractivity contribution < 1.29 is 14.3 Å². The van der Waals surface area contributed by atoms with E-state index in [0.717, 1.165) is 0 Å². The predicted molar refractivity (Wildman–Crippen MR) is 91.1 cm³/mol. The van der Waals surface area contributed by atoms with Crippen LogP contribution in [-0.4, -0.2) is 22.5 Å². The Morgan fingerprint density at radius 1 is 1.12 bits per heavy atom. The lowest BCUT2D eigenvalue weighted by Crippen LogP contribution is -2.28. The molecule has 2 rings (SSSR count). The van der Waals surface area contributed by atoms with Crippen LogP contribution < -0.4 is 10.9 Å². The molecule has 0 atom stereocenters. The lowest BCUT2D eigenvalue weighted by Gasteiger charge is -2.11. The van der Waals surface area contributed by atoms with Crippen LogP contribution in [0.25, 0.3) is 0 Å². The summed E-state index contributed by atoms with van der Waals surface area (Å²) < 4.78 is 6.49. The van der Waals surface area contributed by atoms with E-state index in [4.69, 9.17) is 4.74 Å². The van der Waals surface area contributed by atoms with E-state index in [1.807, 2.05) is 0 Å². The quantitative estimate of drug-likeness (QED) is 0.855. The van der Waals surface area contributed by atoms with E-state index in [-0.39, 0.29) is 24.1 Å². The van der Waals surface area contributed by atoms with Crippen molar-refractivity contribution in [3.8, 4) is 0 Å². The summed E-state index contributed by atoms with van der Waals surface area (Å²) in [7, 11) is 0. The first-order chi connectivity index (χ1) is 11.4. The second kappa shape index (κ2) is 7.59. The van der Waals surface area contributed by atoms with Gasteiger partial charge in [0, 0.05) is 17.4 Å². The summed E-state index contributed by atoms with van der Waals surface area (Å²) in [5.41, 5.74) is 1.45. The van der Waals surface area contributed by atoms with E-state index >= 15 is 0 Å². The van der Waals surface area contributed by atoms with Crippen molar-refractivity contribution in [2.75, 3.05) is 5.32 Å². The summed E-state index contributed by atoms with van der Waals surface area (Å²) in [4.78, 5) is 35.6. The zero-order chi connectivity index (χ0) is 17.7. The van der Waals surface area contributed by atoms with Gasteiger partial charge in [0.2, 0.25) is 5.91 Å². The standard InChI is InChI=1S/C18H20N2O4/c1-12(2)24-18(23)14-7-9-15(10-8-14)19-16(21)11-20-13(3)5-4-6-17(20)22/h4-10,12H,11H2,1-3H3,(H,19,21). The number of aromatic nitrogens is 1. The number of hydrogen-bond acceptors (Lipinski definition) is 4. The fourth-order valence-electron chi connectivity index (χ4n) is 2.14. The molecule has 0 fully saturated rings. The summed E-state index contributed by atoms with van der Waals surface area (Å²) in [6, 6.07) is 11.2. The van der Waals surface area contributed by atoms with Gasteiger partial charge in [-0.1, -0.05) is 6.07 Å². The Balaban J connectivity index is 2.02. The molecular weight excluding hydrogens is 308 g/mol. The topological polar surface area (TPSA) is 77.4 Å². The van der Waals surface area contributed by atoms with E-state index < -0.39 is 5.97 Å². The van der Waals surface area contributed by atoms with Crippen LogP contribution in [0.4, 0.5) is 5.69 Å². The van der Waals surface area contributed by atoms with Gasteiger partial charge in [-0.2, -0.15) is 0 Å². The van der Waals surface area contributed by atoms with E-state index in [1.54, 1.807) is 57.2 Å². The average molecular weight is 328 g/mol. The van der Waals surface area contributed by atoms with Gasteiger partial charge in [-0.05, 0) is 51.1 Å². The first-order valence-electron chi connectivity index (χ1n) is 7.64. The third-order valence-electron chi connectivity index (χ3n) is 3.32. The molecule has 0 bridgehead atoms.